The molecule has 0 spiro atoms. The van der Waals surface area contributed by atoms with E-state index in [1.54, 1.807) is 20.4 Å². The molecule has 2 N–H and O–H groups in total. The Kier molecular flexibility index (Phi) is 14.1. The highest BCUT2D eigenvalue weighted by Crippen LogP contribution is 2.38. The summed E-state index contributed by atoms with van der Waals surface area (Å²) in [6.45, 7) is 19.9. The SMILES string of the molecule is C=C(Nc1ccccc1P(C)(C)=O)/C(Cl)=C\N=C(C)Nc1cc(C)c(OCCN2CCCC2)cc1OC.C=CC(C)=O. The predicted molar refractivity (Wildman–Crippen MR) is 179 cm³/mol. The number of amidine groups is 1. The third-order valence-corrected chi connectivity index (χ3v) is 8.27. The van der Waals surface area contributed by atoms with E-state index in [-0.39, 0.29) is 5.78 Å². The zero-order chi connectivity index (χ0) is 31.3. The van der Waals surface area contributed by atoms with Crippen LogP contribution in [0.2, 0.25) is 0 Å². The van der Waals surface area contributed by atoms with E-state index in [1.807, 2.05) is 50.2 Å². The van der Waals surface area contributed by atoms with E-state index in [1.165, 1.54) is 32.0 Å². The predicted octanol–water partition coefficient (Wildman–Crippen LogP) is 7.02. The molecular weight excluding hydrogens is 571 g/mol. The molecule has 8 nitrogen and oxygen atoms in total. The molecule has 2 aromatic rings. The zero-order valence-corrected chi connectivity index (χ0v) is 27.3. The molecular formula is C32H44ClN4O4P. The molecule has 0 atom stereocenters. The number of aliphatic imine (C=N–C) groups is 1. The number of carbonyl (C=O) groups is 1. The summed E-state index contributed by atoms with van der Waals surface area (Å²) in [4.78, 5) is 16.6. The van der Waals surface area contributed by atoms with Gasteiger partial charge in [-0.3, -0.25) is 9.69 Å². The second kappa shape index (κ2) is 17.0. The van der Waals surface area contributed by atoms with Crippen LogP contribution in [0.1, 0.15) is 32.3 Å². The summed E-state index contributed by atoms with van der Waals surface area (Å²) in [5, 5.41) is 7.52. The highest BCUT2D eigenvalue weighted by Gasteiger charge is 2.16. The average Bonchev–Trinajstić information content (AvgIpc) is 3.46. The lowest BCUT2D eigenvalue weighted by atomic mass is 10.2. The van der Waals surface area contributed by atoms with Crippen LogP contribution in [0.25, 0.3) is 0 Å². The van der Waals surface area contributed by atoms with Crippen LogP contribution < -0.4 is 25.4 Å². The third-order valence-electron chi connectivity index (χ3n) is 6.39. The molecule has 1 aliphatic rings. The first-order valence-corrected chi connectivity index (χ1v) is 16.8. The van der Waals surface area contributed by atoms with Crippen LogP contribution in [0.3, 0.4) is 0 Å². The highest BCUT2D eigenvalue weighted by atomic mass is 35.5. The Morgan fingerprint density at radius 1 is 1.12 bits per heavy atom. The monoisotopic (exact) mass is 614 g/mol. The number of methoxy groups -OCH3 is 1. The van der Waals surface area contributed by atoms with Crippen LogP contribution in [-0.4, -0.2) is 63.2 Å². The van der Waals surface area contributed by atoms with Gasteiger partial charge in [-0.05, 0) is 89.9 Å². The van der Waals surface area contributed by atoms with E-state index < -0.39 is 7.14 Å². The lowest BCUT2D eigenvalue weighted by Crippen LogP contribution is -2.25. The average molecular weight is 615 g/mol. The van der Waals surface area contributed by atoms with Crippen LogP contribution in [0.15, 0.2) is 77.6 Å². The van der Waals surface area contributed by atoms with E-state index in [2.05, 4.69) is 33.7 Å². The number of ketones is 1. The maximum Gasteiger partial charge on any atom is 0.152 e. The fourth-order valence-corrected chi connectivity index (χ4v) is 5.36. The first-order valence-electron chi connectivity index (χ1n) is 13.8. The Balaban J connectivity index is 0.00000113. The summed E-state index contributed by atoms with van der Waals surface area (Å²) in [6, 6.07) is 11.3. The van der Waals surface area contributed by atoms with Crippen LogP contribution in [0.5, 0.6) is 11.5 Å². The number of nitrogens with zero attached hydrogens (tertiary/aromatic N) is 2. The van der Waals surface area contributed by atoms with Gasteiger partial charge < -0.3 is 24.7 Å². The molecule has 2 aromatic carbocycles. The van der Waals surface area contributed by atoms with Gasteiger partial charge in [0.15, 0.2) is 5.78 Å². The largest absolute Gasteiger partial charge is 0.494 e. The fraction of sp³-hybridized carbons (Fsp3) is 0.375. The van der Waals surface area contributed by atoms with E-state index in [4.69, 9.17) is 21.1 Å². The van der Waals surface area contributed by atoms with E-state index in [0.29, 0.717) is 34.6 Å². The minimum absolute atomic E-state index is 0.0185. The molecule has 1 aliphatic heterocycles. The number of para-hydroxylation sites is 1. The van der Waals surface area contributed by atoms with Gasteiger partial charge in [-0.1, -0.05) is 36.9 Å². The smallest absolute Gasteiger partial charge is 0.152 e. The number of ether oxygens (including phenoxy) is 2. The van der Waals surface area contributed by atoms with Gasteiger partial charge in [0, 0.05) is 29.8 Å². The van der Waals surface area contributed by atoms with Crippen LogP contribution in [0, 0.1) is 6.92 Å². The first-order chi connectivity index (χ1) is 19.8. The molecule has 0 aromatic heterocycles. The van der Waals surface area contributed by atoms with Crippen molar-refractivity contribution in [3.05, 3.63) is 78.1 Å². The van der Waals surface area contributed by atoms with Gasteiger partial charge in [-0.2, -0.15) is 0 Å². The molecule has 1 saturated heterocycles. The molecule has 0 aliphatic carbocycles. The van der Waals surface area contributed by atoms with Crippen molar-refractivity contribution >= 4 is 47.0 Å². The Labute approximate surface area is 255 Å². The lowest BCUT2D eigenvalue weighted by Gasteiger charge is -2.18. The summed E-state index contributed by atoms with van der Waals surface area (Å²) >= 11 is 6.45. The number of allylic oxidation sites excluding steroid dienone is 2. The lowest BCUT2D eigenvalue weighted by molar-refractivity contribution is -0.112. The molecule has 42 heavy (non-hydrogen) atoms. The van der Waals surface area contributed by atoms with Crippen molar-refractivity contribution in [3.63, 3.8) is 0 Å². The summed E-state index contributed by atoms with van der Waals surface area (Å²) in [7, 11) is -0.835. The second-order valence-electron chi connectivity index (χ2n) is 10.3. The molecule has 0 bridgehead atoms. The zero-order valence-electron chi connectivity index (χ0n) is 25.6. The minimum Gasteiger partial charge on any atom is -0.494 e. The molecule has 0 amide bonds. The Morgan fingerprint density at radius 3 is 2.36 bits per heavy atom. The summed E-state index contributed by atoms with van der Waals surface area (Å²) in [6.07, 6.45) is 5.34. The fourth-order valence-electron chi connectivity index (χ4n) is 4.11. The Morgan fingerprint density at radius 2 is 1.76 bits per heavy atom. The third kappa shape index (κ3) is 11.5. The number of hydrogen-bond acceptors (Lipinski definition) is 7. The molecule has 0 unspecified atom stereocenters. The van der Waals surface area contributed by atoms with Crippen molar-refractivity contribution in [2.24, 2.45) is 4.99 Å². The number of carbonyl (C=O) groups excluding carboxylic acids is 1. The van der Waals surface area contributed by atoms with Crippen molar-refractivity contribution in [1.82, 2.24) is 4.90 Å². The molecule has 10 heteroatoms. The number of benzene rings is 2. The van der Waals surface area contributed by atoms with Crippen molar-refractivity contribution in [3.8, 4) is 11.5 Å². The number of rotatable bonds is 12. The molecule has 3 rings (SSSR count). The summed E-state index contributed by atoms with van der Waals surface area (Å²) in [5.74, 6) is 2.12. The number of halogens is 1. The van der Waals surface area contributed by atoms with Crippen molar-refractivity contribution < 1.29 is 18.8 Å². The molecule has 1 fully saturated rings. The molecule has 0 saturated carbocycles. The van der Waals surface area contributed by atoms with E-state index >= 15 is 0 Å². The Hall–Kier alpha value is -3.32. The first kappa shape index (κ1) is 34.9. The van der Waals surface area contributed by atoms with Crippen LogP contribution >= 0.6 is 18.7 Å². The normalized spacial score (nSPS) is 14.0. The van der Waals surface area contributed by atoms with Gasteiger partial charge >= 0.3 is 0 Å². The number of anilines is 2. The van der Waals surface area contributed by atoms with Crippen molar-refractivity contribution in [2.75, 3.05) is 57.3 Å². The number of hydrogen-bond donors (Lipinski definition) is 2. The molecule has 0 radical (unpaired) electrons. The van der Waals surface area contributed by atoms with E-state index in [0.717, 1.165) is 41.9 Å². The van der Waals surface area contributed by atoms with Crippen LogP contribution in [-0.2, 0) is 9.36 Å². The standard InChI is InChI=1S/C28H38ClN4O3P.C4H6O/c1-20-17-25(27(35-4)18-26(20)36-16-15-33-13-9-10-14-33)32-22(3)30-19-23(29)21(2)31-24-11-7-8-12-28(24)37(5,6)34;1-3-4(2)5/h7-8,11-12,17-19,31H,2,9-10,13-16H2,1,3-6H3,(H,30,32);3H,1H2,2H3/b23-19+;. The maximum absolute atomic E-state index is 12.6. The van der Waals surface area contributed by atoms with Crippen molar-refractivity contribution in [1.29, 1.82) is 0 Å². The van der Waals surface area contributed by atoms with Gasteiger partial charge in [-0.25, -0.2) is 4.99 Å². The van der Waals surface area contributed by atoms with Gasteiger partial charge in [0.25, 0.3) is 0 Å². The van der Waals surface area contributed by atoms with Gasteiger partial charge in [0.1, 0.15) is 31.1 Å². The van der Waals surface area contributed by atoms with Gasteiger partial charge in [0.2, 0.25) is 0 Å². The van der Waals surface area contributed by atoms with Gasteiger partial charge in [0.05, 0.1) is 23.5 Å². The summed E-state index contributed by atoms with van der Waals surface area (Å²) in [5.41, 5.74) is 2.97. The van der Waals surface area contributed by atoms with Gasteiger partial charge in [-0.15, -0.1) is 0 Å². The maximum atomic E-state index is 12.6. The van der Waals surface area contributed by atoms with E-state index in [9.17, 15) is 9.36 Å². The summed E-state index contributed by atoms with van der Waals surface area (Å²) < 4.78 is 24.3. The Bertz CT molecular complexity index is 1360. The molecule has 228 valence electrons. The number of aryl methyl sites for hydroxylation is 1. The highest BCUT2D eigenvalue weighted by molar-refractivity contribution is 7.70. The minimum atomic E-state index is -2.47. The quantitative estimate of drug-likeness (QED) is 0.0872. The van der Waals surface area contributed by atoms with Crippen molar-refractivity contribution in [2.45, 2.75) is 33.6 Å². The topological polar surface area (TPSA) is 92.3 Å². The van der Waals surface area contributed by atoms with Crippen LogP contribution in [0.4, 0.5) is 11.4 Å². The molecule has 1 heterocycles. The number of likely N-dealkylation sites (tertiary alicyclic amines) is 1. The second-order valence-corrected chi connectivity index (χ2v) is 13.9. The number of nitrogens with one attached hydrogen (secondary N) is 2.